The molecule has 1 aliphatic rings. The van der Waals surface area contributed by atoms with Gasteiger partial charge in [0.05, 0.1) is 18.6 Å². The molecule has 0 spiro atoms. The fourth-order valence-electron chi connectivity index (χ4n) is 2.16. The van der Waals surface area contributed by atoms with E-state index in [4.69, 9.17) is 9.84 Å². The molecule has 1 aromatic rings. The van der Waals surface area contributed by atoms with Gasteiger partial charge in [0, 0.05) is 0 Å². The fraction of sp³-hybridized carbons (Fsp3) is 0.462. The second-order valence-electron chi connectivity index (χ2n) is 4.19. The van der Waals surface area contributed by atoms with Gasteiger partial charge in [0.2, 0.25) is 0 Å². The van der Waals surface area contributed by atoms with Gasteiger partial charge >= 0.3 is 5.97 Å². The maximum absolute atomic E-state index is 10.6. The van der Waals surface area contributed by atoms with Crippen LogP contribution in [0.4, 0.5) is 0 Å². The third kappa shape index (κ3) is 2.83. The molecule has 1 N–H and O–H groups in total. The summed E-state index contributed by atoms with van der Waals surface area (Å²) in [4.78, 5) is 10.6. The number of benzene rings is 1. The molecule has 86 valence electrons. The second-order valence-corrected chi connectivity index (χ2v) is 4.19. The van der Waals surface area contributed by atoms with Crippen molar-refractivity contribution < 1.29 is 14.6 Å². The molecule has 0 saturated carbocycles. The van der Waals surface area contributed by atoms with Crippen molar-refractivity contribution in [3.63, 3.8) is 0 Å². The molecule has 16 heavy (non-hydrogen) atoms. The van der Waals surface area contributed by atoms with E-state index in [2.05, 4.69) is 0 Å². The Morgan fingerprint density at radius 1 is 1.31 bits per heavy atom. The molecule has 1 aromatic carbocycles. The van der Waals surface area contributed by atoms with Gasteiger partial charge in [0.25, 0.3) is 0 Å². The lowest BCUT2D eigenvalue weighted by Gasteiger charge is -2.29. The molecule has 1 saturated heterocycles. The standard InChI is InChI=1S/C13H16O3/c14-13(15)9-11-7-4-8-12(16-11)10-5-2-1-3-6-10/h1-3,5-6,11-12H,4,7-9H2,(H,14,15)/t11-,12-/m1/s1. The molecular formula is C13H16O3. The topological polar surface area (TPSA) is 46.5 Å². The molecule has 1 aliphatic heterocycles. The van der Waals surface area contributed by atoms with Crippen molar-refractivity contribution in [3.8, 4) is 0 Å². The Morgan fingerprint density at radius 2 is 2.06 bits per heavy atom. The summed E-state index contributed by atoms with van der Waals surface area (Å²) in [5, 5.41) is 8.74. The highest BCUT2D eigenvalue weighted by Gasteiger charge is 2.24. The maximum Gasteiger partial charge on any atom is 0.305 e. The van der Waals surface area contributed by atoms with E-state index in [0.29, 0.717) is 0 Å². The van der Waals surface area contributed by atoms with Crippen molar-refractivity contribution in [2.75, 3.05) is 0 Å². The van der Waals surface area contributed by atoms with Crippen LogP contribution in [0.25, 0.3) is 0 Å². The normalized spacial score (nSPS) is 25.2. The van der Waals surface area contributed by atoms with E-state index in [0.717, 1.165) is 24.8 Å². The Labute approximate surface area is 95.0 Å². The molecule has 0 aromatic heterocycles. The first-order chi connectivity index (χ1) is 7.75. The predicted molar refractivity (Wildman–Crippen MR) is 60.2 cm³/mol. The van der Waals surface area contributed by atoms with Crippen LogP contribution in [-0.2, 0) is 9.53 Å². The Kier molecular flexibility index (Phi) is 3.57. The van der Waals surface area contributed by atoms with Gasteiger partial charge in [-0.3, -0.25) is 4.79 Å². The third-order valence-electron chi connectivity index (χ3n) is 2.92. The molecule has 2 rings (SSSR count). The Balaban J connectivity index is 1.99. The summed E-state index contributed by atoms with van der Waals surface area (Å²) < 4.78 is 5.80. The van der Waals surface area contributed by atoms with Gasteiger partial charge in [-0.05, 0) is 24.8 Å². The molecule has 0 bridgehead atoms. The molecule has 0 aliphatic carbocycles. The highest BCUT2D eigenvalue weighted by molar-refractivity contribution is 5.67. The number of carboxylic acids is 1. The van der Waals surface area contributed by atoms with Crippen LogP contribution in [0.5, 0.6) is 0 Å². The van der Waals surface area contributed by atoms with Gasteiger partial charge < -0.3 is 9.84 Å². The number of hydrogen-bond donors (Lipinski definition) is 1. The van der Waals surface area contributed by atoms with E-state index in [1.54, 1.807) is 0 Å². The van der Waals surface area contributed by atoms with Crippen molar-refractivity contribution in [1.82, 2.24) is 0 Å². The van der Waals surface area contributed by atoms with E-state index in [1.807, 2.05) is 30.3 Å². The number of hydrogen-bond acceptors (Lipinski definition) is 2. The lowest BCUT2D eigenvalue weighted by Crippen LogP contribution is -2.24. The first-order valence-corrected chi connectivity index (χ1v) is 5.68. The zero-order valence-electron chi connectivity index (χ0n) is 9.13. The zero-order valence-corrected chi connectivity index (χ0v) is 9.13. The summed E-state index contributed by atoms with van der Waals surface area (Å²) in [5.41, 5.74) is 1.15. The van der Waals surface area contributed by atoms with Gasteiger partial charge in [-0.25, -0.2) is 0 Å². The minimum Gasteiger partial charge on any atom is -0.481 e. The van der Waals surface area contributed by atoms with Gasteiger partial charge in [-0.15, -0.1) is 0 Å². The zero-order chi connectivity index (χ0) is 11.4. The molecule has 1 heterocycles. The summed E-state index contributed by atoms with van der Waals surface area (Å²) in [6.45, 7) is 0. The summed E-state index contributed by atoms with van der Waals surface area (Å²) in [6, 6.07) is 10.0. The first-order valence-electron chi connectivity index (χ1n) is 5.68. The minimum atomic E-state index is -0.779. The van der Waals surface area contributed by atoms with Crippen LogP contribution in [0, 0.1) is 0 Å². The summed E-state index contributed by atoms with van der Waals surface area (Å²) in [6.07, 6.45) is 2.94. The van der Waals surface area contributed by atoms with Crippen LogP contribution in [0.1, 0.15) is 37.4 Å². The van der Waals surface area contributed by atoms with Gasteiger partial charge in [-0.1, -0.05) is 30.3 Å². The van der Waals surface area contributed by atoms with E-state index in [1.165, 1.54) is 0 Å². The molecule has 1 fully saturated rings. The molecular weight excluding hydrogens is 204 g/mol. The highest BCUT2D eigenvalue weighted by Crippen LogP contribution is 2.31. The molecule has 3 nitrogen and oxygen atoms in total. The monoisotopic (exact) mass is 220 g/mol. The first kappa shape index (κ1) is 11.1. The van der Waals surface area contributed by atoms with Crippen molar-refractivity contribution in [2.45, 2.75) is 37.9 Å². The Morgan fingerprint density at radius 3 is 2.75 bits per heavy atom. The maximum atomic E-state index is 10.6. The largest absolute Gasteiger partial charge is 0.481 e. The van der Waals surface area contributed by atoms with Crippen LogP contribution in [0.3, 0.4) is 0 Å². The minimum absolute atomic E-state index is 0.0688. The SMILES string of the molecule is O=C(O)C[C@H]1CCC[C@H](c2ccccc2)O1. The Hall–Kier alpha value is -1.35. The number of carboxylic acid groups (broad SMARTS) is 1. The molecule has 3 heteroatoms. The number of carbonyl (C=O) groups is 1. The fourth-order valence-corrected chi connectivity index (χ4v) is 2.16. The van der Waals surface area contributed by atoms with Crippen molar-refractivity contribution >= 4 is 5.97 Å². The smallest absolute Gasteiger partial charge is 0.305 e. The predicted octanol–water partition coefficient (Wildman–Crippen LogP) is 2.77. The highest BCUT2D eigenvalue weighted by atomic mass is 16.5. The average molecular weight is 220 g/mol. The number of aliphatic carboxylic acids is 1. The van der Waals surface area contributed by atoms with Crippen LogP contribution >= 0.6 is 0 Å². The second kappa shape index (κ2) is 5.12. The van der Waals surface area contributed by atoms with E-state index < -0.39 is 5.97 Å². The molecule has 2 atom stereocenters. The van der Waals surface area contributed by atoms with Crippen LogP contribution in [-0.4, -0.2) is 17.2 Å². The quantitative estimate of drug-likeness (QED) is 0.852. The molecule has 0 unspecified atom stereocenters. The number of ether oxygens (including phenoxy) is 1. The van der Waals surface area contributed by atoms with Crippen molar-refractivity contribution in [3.05, 3.63) is 35.9 Å². The summed E-state index contributed by atoms with van der Waals surface area (Å²) in [7, 11) is 0. The lowest BCUT2D eigenvalue weighted by atomic mass is 9.97. The average Bonchev–Trinajstić information content (AvgIpc) is 2.30. The Bertz CT molecular complexity index is 347. The number of rotatable bonds is 3. The van der Waals surface area contributed by atoms with E-state index >= 15 is 0 Å². The summed E-state index contributed by atoms with van der Waals surface area (Å²) in [5.74, 6) is -0.779. The van der Waals surface area contributed by atoms with Crippen LogP contribution in [0.15, 0.2) is 30.3 Å². The lowest BCUT2D eigenvalue weighted by molar-refractivity contribution is -0.143. The van der Waals surface area contributed by atoms with E-state index in [9.17, 15) is 4.79 Å². The van der Waals surface area contributed by atoms with Gasteiger partial charge in [0.1, 0.15) is 0 Å². The van der Waals surface area contributed by atoms with Crippen molar-refractivity contribution in [2.24, 2.45) is 0 Å². The third-order valence-corrected chi connectivity index (χ3v) is 2.92. The molecule has 0 radical (unpaired) electrons. The van der Waals surface area contributed by atoms with Crippen molar-refractivity contribution in [1.29, 1.82) is 0 Å². The van der Waals surface area contributed by atoms with Gasteiger partial charge in [0.15, 0.2) is 0 Å². The van der Waals surface area contributed by atoms with Crippen LogP contribution in [0.2, 0.25) is 0 Å². The van der Waals surface area contributed by atoms with Gasteiger partial charge in [-0.2, -0.15) is 0 Å². The molecule has 0 amide bonds. The van der Waals surface area contributed by atoms with Crippen LogP contribution < -0.4 is 0 Å². The van der Waals surface area contributed by atoms with E-state index in [-0.39, 0.29) is 18.6 Å². The summed E-state index contributed by atoms with van der Waals surface area (Å²) >= 11 is 0.